The molecule has 0 radical (unpaired) electrons. The molecule has 0 heterocycles. The van der Waals surface area contributed by atoms with Crippen LogP contribution in [0.15, 0.2) is 42.5 Å². The summed E-state index contributed by atoms with van der Waals surface area (Å²) in [6.07, 6.45) is 0. The van der Waals surface area contributed by atoms with E-state index in [1.165, 1.54) is 24.3 Å². The van der Waals surface area contributed by atoms with Crippen molar-refractivity contribution in [1.82, 2.24) is 0 Å². The highest BCUT2D eigenvalue weighted by Crippen LogP contribution is 2.25. The molecule has 0 aromatic heterocycles. The summed E-state index contributed by atoms with van der Waals surface area (Å²) >= 11 is 0. The zero-order valence-corrected chi connectivity index (χ0v) is 9.63. The maximum atomic E-state index is 13.6. The van der Waals surface area contributed by atoms with Gasteiger partial charge in [0.15, 0.2) is 11.6 Å². The molecule has 0 amide bonds. The van der Waals surface area contributed by atoms with Crippen molar-refractivity contribution in [2.24, 2.45) is 0 Å². The lowest BCUT2D eigenvalue weighted by Gasteiger charge is -2.07. The molecule has 0 aliphatic heterocycles. The molecule has 0 aliphatic carbocycles. The highest BCUT2D eigenvalue weighted by atomic mass is 19.1. The van der Waals surface area contributed by atoms with E-state index in [-0.39, 0.29) is 11.3 Å². The van der Waals surface area contributed by atoms with E-state index < -0.39 is 11.8 Å². The van der Waals surface area contributed by atoms with Crippen LogP contribution >= 0.6 is 0 Å². The van der Waals surface area contributed by atoms with Crippen molar-refractivity contribution in [3.8, 4) is 17.6 Å². The van der Waals surface area contributed by atoms with Gasteiger partial charge in [0.05, 0.1) is 17.2 Å². The summed E-state index contributed by atoms with van der Waals surface area (Å²) in [5.74, 6) is -1.68. The average Bonchev–Trinajstić information content (AvgIpc) is 2.41. The Hall–Kier alpha value is -2.87. The Morgan fingerprint density at radius 3 is 2.42 bits per heavy atom. The van der Waals surface area contributed by atoms with Gasteiger partial charge in [-0.05, 0) is 42.5 Å². The number of carbonyl (C=O) groups is 1. The first-order valence-electron chi connectivity index (χ1n) is 5.31. The van der Waals surface area contributed by atoms with Gasteiger partial charge >= 0.3 is 5.97 Å². The van der Waals surface area contributed by atoms with Gasteiger partial charge in [-0.1, -0.05) is 0 Å². The predicted molar refractivity (Wildman–Crippen MR) is 64.6 cm³/mol. The topological polar surface area (TPSA) is 70.3 Å². The van der Waals surface area contributed by atoms with Crippen molar-refractivity contribution >= 4 is 5.97 Å². The van der Waals surface area contributed by atoms with Crippen LogP contribution in [0.4, 0.5) is 4.39 Å². The van der Waals surface area contributed by atoms with Gasteiger partial charge in [0.2, 0.25) is 0 Å². The summed E-state index contributed by atoms with van der Waals surface area (Å²) in [7, 11) is 0. The van der Waals surface area contributed by atoms with Gasteiger partial charge in [0, 0.05) is 0 Å². The normalized spacial score (nSPS) is 9.68. The number of rotatable bonds is 3. The lowest BCUT2D eigenvalue weighted by atomic mass is 10.2. The molecule has 5 heteroatoms. The first-order chi connectivity index (χ1) is 9.10. The van der Waals surface area contributed by atoms with E-state index in [0.717, 1.165) is 6.07 Å². The van der Waals surface area contributed by atoms with Crippen LogP contribution in [-0.4, -0.2) is 11.1 Å². The van der Waals surface area contributed by atoms with Gasteiger partial charge in [0.25, 0.3) is 0 Å². The Labute approximate surface area is 108 Å². The molecule has 19 heavy (non-hydrogen) atoms. The molecular weight excluding hydrogens is 249 g/mol. The molecule has 2 rings (SSSR count). The van der Waals surface area contributed by atoms with Crippen molar-refractivity contribution in [1.29, 1.82) is 5.26 Å². The van der Waals surface area contributed by atoms with E-state index in [0.29, 0.717) is 11.3 Å². The molecule has 0 bridgehead atoms. The molecule has 0 unspecified atom stereocenters. The molecule has 0 saturated carbocycles. The fraction of sp³-hybridized carbons (Fsp3) is 0. The van der Waals surface area contributed by atoms with Crippen molar-refractivity contribution in [2.75, 3.05) is 0 Å². The number of aromatic carboxylic acids is 1. The van der Waals surface area contributed by atoms with E-state index in [9.17, 15) is 9.18 Å². The Kier molecular flexibility index (Phi) is 3.44. The van der Waals surface area contributed by atoms with Crippen LogP contribution < -0.4 is 4.74 Å². The van der Waals surface area contributed by atoms with E-state index in [4.69, 9.17) is 15.1 Å². The highest BCUT2D eigenvalue weighted by Gasteiger charge is 2.09. The fourth-order valence-electron chi connectivity index (χ4n) is 1.44. The average molecular weight is 257 g/mol. The maximum Gasteiger partial charge on any atom is 0.335 e. The standard InChI is InChI=1S/C14H8FNO3/c15-12-7-10(14(17)18)3-6-13(12)19-11-4-1-9(8-16)2-5-11/h1-7H,(H,17,18). The van der Waals surface area contributed by atoms with E-state index >= 15 is 0 Å². The largest absolute Gasteiger partial charge is 0.478 e. The van der Waals surface area contributed by atoms with Crippen molar-refractivity contribution in [3.05, 3.63) is 59.4 Å². The van der Waals surface area contributed by atoms with Crippen LogP contribution in [0.3, 0.4) is 0 Å². The number of carboxylic acids is 1. The number of benzene rings is 2. The Bertz CT molecular complexity index is 659. The summed E-state index contributed by atoms with van der Waals surface area (Å²) in [6.45, 7) is 0. The van der Waals surface area contributed by atoms with Crippen molar-refractivity contribution in [2.45, 2.75) is 0 Å². The second kappa shape index (κ2) is 5.19. The Balaban J connectivity index is 2.23. The van der Waals surface area contributed by atoms with Crippen LogP contribution in [0.1, 0.15) is 15.9 Å². The number of ether oxygens (including phenoxy) is 1. The molecule has 0 saturated heterocycles. The fourth-order valence-corrected chi connectivity index (χ4v) is 1.44. The lowest BCUT2D eigenvalue weighted by Crippen LogP contribution is -1.98. The van der Waals surface area contributed by atoms with Gasteiger partial charge < -0.3 is 9.84 Å². The molecule has 2 aromatic carbocycles. The zero-order valence-electron chi connectivity index (χ0n) is 9.63. The monoisotopic (exact) mass is 257 g/mol. The minimum atomic E-state index is -1.20. The zero-order chi connectivity index (χ0) is 13.8. The van der Waals surface area contributed by atoms with Gasteiger partial charge in [-0.25, -0.2) is 9.18 Å². The minimum Gasteiger partial charge on any atom is -0.478 e. The van der Waals surface area contributed by atoms with Crippen LogP contribution in [0, 0.1) is 17.1 Å². The summed E-state index contributed by atoms with van der Waals surface area (Å²) < 4.78 is 18.9. The Morgan fingerprint density at radius 1 is 1.21 bits per heavy atom. The van der Waals surface area contributed by atoms with E-state index in [2.05, 4.69) is 0 Å². The second-order valence-corrected chi connectivity index (χ2v) is 3.69. The third-order valence-corrected chi connectivity index (χ3v) is 2.39. The number of carboxylic acid groups (broad SMARTS) is 1. The van der Waals surface area contributed by atoms with E-state index in [1.807, 2.05) is 6.07 Å². The number of nitriles is 1. The van der Waals surface area contributed by atoms with Crippen LogP contribution in [-0.2, 0) is 0 Å². The van der Waals surface area contributed by atoms with Crippen LogP contribution in [0.2, 0.25) is 0 Å². The first-order valence-corrected chi connectivity index (χ1v) is 5.31. The summed E-state index contributed by atoms with van der Waals surface area (Å²) in [5, 5.41) is 17.3. The molecule has 1 N–H and O–H groups in total. The SMILES string of the molecule is N#Cc1ccc(Oc2ccc(C(=O)O)cc2F)cc1. The summed E-state index contributed by atoms with van der Waals surface area (Å²) in [6, 6.07) is 11.5. The molecule has 0 fully saturated rings. The Morgan fingerprint density at radius 2 is 1.89 bits per heavy atom. The maximum absolute atomic E-state index is 13.6. The summed E-state index contributed by atoms with van der Waals surface area (Å²) in [5.41, 5.74) is 0.318. The van der Waals surface area contributed by atoms with Gasteiger partial charge in [-0.3, -0.25) is 0 Å². The van der Waals surface area contributed by atoms with Gasteiger partial charge in [0.1, 0.15) is 5.75 Å². The second-order valence-electron chi connectivity index (χ2n) is 3.69. The number of hydrogen-bond donors (Lipinski definition) is 1. The minimum absolute atomic E-state index is 0.0743. The summed E-state index contributed by atoms with van der Waals surface area (Å²) in [4.78, 5) is 10.7. The van der Waals surface area contributed by atoms with Crippen LogP contribution in [0.5, 0.6) is 11.5 Å². The molecule has 2 aromatic rings. The number of nitrogens with zero attached hydrogens (tertiary/aromatic N) is 1. The van der Waals surface area contributed by atoms with Gasteiger partial charge in [-0.15, -0.1) is 0 Å². The van der Waals surface area contributed by atoms with Crippen molar-refractivity contribution in [3.63, 3.8) is 0 Å². The molecule has 4 nitrogen and oxygen atoms in total. The third-order valence-electron chi connectivity index (χ3n) is 2.39. The first kappa shape index (κ1) is 12.6. The molecule has 0 atom stereocenters. The predicted octanol–water partition coefficient (Wildman–Crippen LogP) is 3.19. The number of hydrogen-bond acceptors (Lipinski definition) is 3. The van der Waals surface area contributed by atoms with E-state index in [1.54, 1.807) is 12.1 Å². The molecule has 94 valence electrons. The molecular formula is C14H8FNO3. The highest BCUT2D eigenvalue weighted by molar-refractivity contribution is 5.87. The lowest BCUT2D eigenvalue weighted by molar-refractivity contribution is 0.0696. The molecule has 0 spiro atoms. The van der Waals surface area contributed by atoms with Crippen LogP contribution in [0.25, 0.3) is 0 Å². The van der Waals surface area contributed by atoms with Crippen molar-refractivity contribution < 1.29 is 19.0 Å². The number of halogens is 1. The molecule has 0 aliphatic rings. The quantitative estimate of drug-likeness (QED) is 0.916. The third kappa shape index (κ3) is 2.87. The smallest absolute Gasteiger partial charge is 0.335 e. The van der Waals surface area contributed by atoms with Gasteiger partial charge in [-0.2, -0.15) is 5.26 Å².